The van der Waals surface area contributed by atoms with Gasteiger partial charge in [-0.25, -0.2) is 4.79 Å². The Morgan fingerprint density at radius 1 is 1.29 bits per heavy atom. The van der Waals surface area contributed by atoms with E-state index in [9.17, 15) is 24.6 Å². The fraction of sp³-hybridized carbons (Fsp3) is 0.750. The second kappa shape index (κ2) is 6.03. The number of ether oxygens (including phenoxy) is 3. The number of aliphatic hydroxyl groups excluding tert-OH is 2. The van der Waals surface area contributed by atoms with Crippen LogP contribution in [-0.4, -0.2) is 59.6 Å². The maximum Gasteiger partial charge on any atom is 0.331 e. The van der Waals surface area contributed by atoms with Crippen LogP contribution in [-0.2, 0) is 28.6 Å². The fourth-order valence-corrected chi connectivity index (χ4v) is 6.13. The Morgan fingerprint density at radius 2 is 1.96 bits per heavy atom. The predicted molar refractivity (Wildman–Crippen MR) is 93.5 cm³/mol. The van der Waals surface area contributed by atoms with Crippen molar-refractivity contribution < 1.29 is 38.8 Å². The molecule has 0 unspecified atom stereocenters. The molecule has 2 N–H and O–H groups in total. The highest BCUT2D eigenvalue weighted by Gasteiger charge is 2.72. The number of rotatable bonds is 2. The van der Waals surface area contributed by atoms with E-state index in [1.54, 1.807) is 13.8 Å². The zero-order valence-corrected chi connectivity index (χ0v) is 16.4. The molecule has 9 atom stereocenters. The van der Waals surface area contributed by atoms with Gasteiger partial charge in [0, 0.05) is 23.3 Å². The van der Waals surface area contributed by atoms with Gasteiger partial charge in [-0.05, 0) is 32.3 Å². The molecular weight excluding hydrogens is 368 g/mol. The van der Waals surface area contributed by atoms with Crippen LogP contribution >= 0.6 is 0 Å². The molecule has 4 aliphatic rings. The number of fused-ring (bicyclic) bond motifs is 2. The minimum Gasteiger partial charge on any atom is -0.469 e. The zero-order chi connectivity index (χ0) is 20.6. The molecule has 0 spiro atoms. The summed E-state index contributed by atoms with van der Waals surface area (Å²) in [5.74, 6) is -3.69. The normalized spacial score (nSPS) is 47.9. The molecule has 8 heteroatoms. The number of methoxy groups -OCH3 is 1. The first-order valence-corrected chi connectivity index (χ1v) is 9.65. The van der Waals surface area contributed by atoms with E-state index in [2.05, 4.69) is 0 Å². The van der Waals surface area contributed by atoms with Gasteiger partial charge in [0.1, 0.15) is 18.3 Å². The molecule has 4 rings (SSSR count). The molecule has 2 aliphatic carbocycles. The summed E-state index contributed by atoms with van der Waals surface area (Å²) in [5, 5.41) is 22.2. The maximum absolute atomic E-state index is 12.7. The summed E-state index contributed by atoms with van der Waals surface area (Å²) in [7, 11) is 1.24. The topological polar surface area (TPSA) is 119 Å². The average molecular weight is 394 g/mol. The molecule has 0 radical (unpaired) electrons. The van der Waals surface area contributed by atoms with E-state index in [4.69, 9.17) is 14.2 Å². The van der Waals surface area contributed by atoms with Crippen molar-refractivity contribution in [3.8, 4) is 0 Å². The summed E-state index contributed by atoms with van der Waals surface area (Å²) in [4.78, 5) is 37.2. The van der Waals surface area contributed by atoms with Gasteiger partial charge in [0.15, 0.2) is 0 Å². The Hall–Kier alpha value is -1.93. The lowest BCUT2D eigenvalue weighted by molar-refractivity contribution is -0.186. The van der Waals surface area contributed by atoms with Crippen molar-refractivity contribution >= 4 is 17.9 Å². The molecular formula is C20H26O8. The number of aliphatic hydroxyl groups is 2. The molecule has 0 aromatic carbocycles. The van der Waals surface area contributed by atoms with E-state index in [-0.39, 0.29) is 0 Å². The minimum atomic E-state index is -1.16. The van der Waals surface area contributed by atoms with Crippen LogP contribution in [0.1, 0.15) is 33.6 Å². The van der Waals surface area contributed by atoms with Crippen LogP contribution in [0.15, 0.2) is 11.6 Å². The summed E-state index contributed by atoms with van der Waals surface area (Å²) in [5.41, 5.74) is -1.28. The molecule has 8 nitrogen and oxygen atoms in total. The minimum absolute atomic E-state index is 0.373. The third-order valence-corrected chi connectivity index (χ3v) is 7.63. The van der Waals surface area contributed by atoms with Crippen molar-refractivity contribution in [2.24, 2.45) is 28.6 Å². The molecule has 28 heavy (non-hydrogen) atoms. The first-order chi connectivity index (χ1) is 13.1. The summed E-state index contributed by atoms with van der Waals surface area (Å²) < 4.78 is 15.8. The van der Waals surface area contributed by atoms with E-state index < -0.39 is 70.9 Å². The van der Waals surface area contributed by atoms with Gasteiger partial charge in [-0.2, -0.15) is 0 Å². The number of hydrogen-bond acceptors (Lipinski definition) is 8. The Balaban J connectivity index is 1.87. The quantitative estimate of drug-likeness (QED) is 0.509. The zero-order valence-electron chi connectivity index (χ0n) is 16.4. The molecule has 3 fully saturated rings. The van der Waals surface area contributed by atoms with Gasteiger partial charge in [0.05, 0.1) is 24.5 Å². The highest BCUT2D eigenvalue weighted by molar-refractivity contribution is 5.86. The van der Waals surface area contributed by atoms with Crippen LogP contribution in [0, 0.1) is 28.6 Å². The summed E-state index contributed by atoms with van der Waals surface area (Å²) in [6.45, 7) is 5.18. The fourth-order valence-electron chi connectivity index (χ4n) is 6.13. The van der Waals surface area contributed by atoms with Crippen molar-refractivity contribution in [1.29, 1.82) is 0 Å². The van der Waals surface area contributed by atoms with Crippen molar-refractivity contribution in [1.82, 2.24) is 0 Å². The van der Waals surface area contributed by atoms with Gasteiger partial charge in [0.25, 0.3) is 0 Å². The highest BCUT2D eigenvalue weighted by Crippen LogP contribution is 2.66. The molecule has 2 heterocycles. The largest absolute Gasteiger partial charge is 0.469 e. The molecule has 0 amide bonds. The number of carbonyl (C=O) groups is 3. The van der Waals surface area contributed by atoms with Crippen LogP contribution in [0.3, 0.4) is 0 Å². The van der Waals surface area contributed by atoms with Crippen molar-refractivity contribution in [2.45, 2.75) is 58.0 Å². The predicted octanol–water partition coefficient (Wildman–Crippen LogP) is 0.347. The van der Waals surface area contributed by atoms with Crippen molar-refractivity contribution in [3.63, 3.8) is 0 Å². The number of esters is 3. The molecule has 1 saturated heterocycles. The third kappa shape index (κ3) is 2.21. The Kier molecular flexibility index (Phi) is 4.18. The summed E-state index contributed by atoms with van der Waals surface area (Å²) >= 11 is 0. The van der Waals surface area contributed by atoms with Gasteiger partial charge in [-0.15, -0.1) is 0 Å². The van der Waals surface area contributed by atoms with E-state index in [0.29, 0.717) is 18.4 Å². The lowest BCUT2D eigenvalue weighted by Crippen LogP contribution is -2.65. The maximum atomic E-state index is 12.7. The molecule has 2 aliphatic heterocycles. The van der Waals surface area contributed by atoms with E-state index >= 15 is 0 Å². The first kappa shape index (κ1) is 19.4. The van der Waals surface area contributed by atoms with Crippen LogP contribution in [0.2, 0.25) is 0 Å². The highest BCUT2D eigenvalue weighted by atomic mass is 16.6. The summed E-state index contributed by atoms with van der Waals surface area (Å²) in [6, 6.07) is 0. The Bertz CT molecular complexity index is 774. The van der Waals surface area contributed by atoms with Crippen LogP contribution in [0.25, 0.3) is 0 Å². The van der Waals surface area contributed by atoms with Gasteiger partial charge < -0.3 is 24.4 Å². The standard InChI is InChI=1S/C20H26O8/c1-8(17(24)26-4)14-12-9(7-11(22)27-14)20(3)10(21)5-6-19(2)16(20)15(13(12)23)28-18(19)25/h7-8,10,12-16,21,23H,5-6H2,1-4H3/t8-,10-,12-,13-,14-,15-,16+,19+,20+/m1/s1. The van der Waals surface area contributed by atoms with Gasteiger partial charge in [0.2, 0.25) is 0 Å². The lowest BCUT2D eigenvalue weighted by atomic mass is 9.45. The van der Waals surface area contributed by atoms with Crippen molar-refractivity contribution in [3.05, 3.63) is 11.6 Å². The third-order valence-electron chi connectivity index (χ3n) is 7.63. The SMILES string of the molecule is COC(=O)[C@H](C)[C@H]1OC(=O)C=C2[C@@H]1[C@@H](O)[C@H]1OC(=O)[C@@]3(C)CC[C@@H](O)[C@@]2(C)[C@@H]13. The van der Waals surface area contributed by atoms with Gasteiger partial charge in [-0.1, -0.05) is 6.92 Å². The monoisotopic (exact) mass is 394 g/mol. The van der Waals surface area contributed by atoms with E-state index in [1.807, 2.05) is 6.92 Å². The first-order valence-electron chi connectivity index (χ1n) is 9.65. The lowest BCUT2D eigenvalue weighted by Gasteiger charge is -2.59. The molecule has 0 aromatic heterocycles. The number of carbonyl (C=O) groups excluding carboxylic acids is 3. The molecule has 2 saturated carbocycles. The van der Waals surface area contributed by atoms with Gasteiger partial charge in [-0.3, -0.25) is 9.59 Å². The number of hydrogen-bond donors (Lipinski definition) is 2. The average Bonchev–Trinajstić information content (AvgIpc) is 2.94. The number of cyclic esters (lactones) is 1. The Labute approximate surface area is 162 Å². The van der Waals surface area contributed by atoms with Crippen LogP contribution < -0.4 is 0 Å². The van der Waals surface area contributed by atoms with Crippen LogP contribution in [0.5, 0.6) is 0 Å². The van der Waals surface area contributed by atoms with Crippen molar-refractivity contribution in [2.75, 3.05) is 7.11 Å². The second-order valence-corrected chi connectivity index (χ2v) is 8.93. The smallest absolute Gasteiger partial charge is 0.331 e. The van der Waals surface area contributed by atoms with Gasteiger partial charge >= 0.3 is 17.9 Å². The Morgan fingerprint density at radius 3 is 2.61 bits per heavy atom. The van der Waals surface area contributed by atoms with Crippen LogP contribution in [0.4, 0.5) is 0 Å². The molecule has 0 aromatic rings. The van der Waals surface area contributed by atoms with E-state index in [0.717, 1.165) is 0 Å². The van der Waals surface area contributed by atoms with E-state index in [1.165, 1.54) is 13.2 Å². The molecule has 0 bridgehead atoms. The second-order valence-electron chi connectivity index (χ2n) is 8.93. The molecule has 154 valence electrons. The summed E-state index contributed by atoms with van der Waals surface area (Å²) in [6.07, 6.45) is -1.67.